The maximum Gasteiger partial charge on any atom is 0.233 e. The number of aromatic nitrogens is 1. The maximum absolute atomic E-state index is 13.2. The second-order valence-corrected chi connectivity index (χ2v) is 10.6. The van der Waals surface area contributed by atoms with Gasteiger partial charge in [0.2, 0.25) is 5.91 Å². The number of aryl methyl sites for hydroxylation is 1. The minimum absolute atomic E-state index is 0.115. The molecular weight excluding hydrogens is 400 g/mol. The average Bonchev–Trinajstić information content (AvgIpc) is 3.61. The molecule has 2 heterocycles. The number of anilines is 1. The topological polar surface area (TPSA) is 85.4 Å². The number of rotatable bonds is 7. The Hall–Kier alpha value is -2.25. The number of benzene rings is 1. The zero-order valence-electron chi connectivity index (χ0n) is 17.2. The number of nitrogens with zero attached hydrogens (tertiary/aromatic N) is 1. The van der Waals surface area contributed by atoms with E-state index in [2.05, 4.69) is 10.3 Å². The number of ether oxygens (including phenoxy) is 1. The summed E-state index contributed by atoms with van der Waals surface area (Å²) < 4.78 is 30.4. The number of pyridine rings is 1. The third-order valence-corrected chi connectivity index (χ3v) is 8.24. The fourth-order valence-electron chi connectivity index (χ4n) is 3.93. The summed E-state index contributed by atoms with van der Waals surface area (Å²) in [5.74, 6) is 0.440. The molecule has 6 nitrogen and oxygen atoms in total. The summed E-state index contributed by atoms with van der Waals surface area (Å²) in [6, 6.07) is 10.6. The number of hydrogen-bond acceptors (Lipinski definition) is 5. The van der Waals surface area contributed by atoms with Crippen LogP contribution in [0.3, 0.4) is 0 Å². The molecule has 1 saturated carbocycles. The average molecular weight is 429 g/mol. The fourth-order valence-corrected chi connectivity index (χ4v) is 5.58. The lowest BCUT2D eigenvalue weighted by Gasteiger charge is -2.26. The molecule has 1 atom stereocenters. The molecule has 1 aromatic heterocycles. The smallest absolute Gasteiger partial charge is 0.233 e. The maximum atomic E-state index is 13.2. The first kappa shape index (κ1) is 21.0. The summed E-state index contributed by atoms with van der Waals surface area (Å²) in [6.45, 7) is 3.39. The number of carbonyl (C=O) groups is 1. The molecule has 1 aliphatic heterocycles. The monoisotopic (exact) mass is 428 g/mol. The SMILES string of the molecule is Cc1ccc(NC(=O)C(CC2CCOCC2)c2ccc(S(=O)(=O)C3CC3)cc2)nc1. The largest absolute Gasteiger partial charge is 0.381 e. The minimum Gasteiger partial charge on any atom is -0.381 e. The predicted molar refractivity (Wildman–Crippen MR) is 115 cm³/mol. The van der Waals surface area contributed by atoms with Crippen LogP contribution < -0.4 is 5.32 Å². The van der Waals surface area contributed by atoms with Gasteiger partial charge in [-0.25, -0.2) is 13.4 Å². The van der Waals surface area contributed by atoms with Gasteiger partial charge < -0.3 is 10.1 Å². The Kier molecular flexibility index (Phi) is 6.20. The van der Waals surface area contributed by atoms with Gasteiger partial charge in [-0.2, -0.15) is 0 Å². The molecule has 30 heavy (non-hydrogen) atoms. The van der Waals surface area contributed by atoms with Crippen molar-refractivity contribution in [1.82, 2.24) is 4.98 Å². The fraction of sp³-hybridized carbons (Fsp3) is 0.478. The first-order valence-electron chi connectivity index (χ1n) is 10.6. The Bertz CT molecular complexity index is 977. The van der Waals surface area contributed by atoms with Crippen molar-refractivity contribution < 1.29 is 17.9 Å². The van der Waals surface area contributed by atoms with Gasteiger partial charge in [-0.15, -0.1) is 0 Å². The lowest BCUT2D eigenvalue weighted by atomic mass is 9.84. The third kappa shape index (κ3) is 4.90. The van der Waals surface area contributed by atoms with E-state index >= 15 is 0 Å². The zero-order valence-corrected chi connectivity index (χ0v) is 18.0. The first-order valence-corrected chi connectivity index (χ1v) is 12.1. The van der Waals surface area contributed by atoms with Gasteiger partial charge in [-0.1, -0.05) is 18.2 Å². The highest BCUT2D eigenvalue weighted by molar-refractivity contribution is 7.92. The van der Waals surface area contributed by atoms with Crippen LogP contribution in [0.5, 0.6) is 0 Å². The van der Waals surface area contributed by atoms with Crippen molar-refractivity contribution >= 4 is 21.6 Å². The molecule has 0 bridgehead atoms. The van der Waals surface area contributed by atoms with E-state index < -0.39 is 9.84 Å². The van der Waals surface area contributed by atoms with Crippen LogP contribution in [0.1, 0.15) is 49.1 Å². The molecule has 160 valence electrons. The quantitative estimate of drug-likeness (QED) is 0.724. The molecule has 1 N–H and O–H groups in total. The normalized spacial score (nSPS) is 18.7. The van der Waals surface area contributed by atoms with E-state index in [4.69, 9.17) is 4.74 Å². The van der Waals surface area contributed by atoms with E-state index in [0.717, 1.165) is 50.0 Å². The predicted octanol–water partition coefficient (Wildman–Crippen LogP) is 3.87. The summed E-state index contributed by atoms with van der Waals surface area (Å²) in [5, 5.41) is 2.69. The van der Waals surface area contributed by atoms with E-state index in [9.17, 15) is 13.2 Å². The van der Waals surface area contributed by atoms with Crippen LogP contribution in [0, 0.1) is 12.8 Å². The molecule has 7 heteroatoms. The van der Waals surface area contributed by atoms with E-state index in [1.54, 1.807) is 36.5 Å². The molecule has 4 rings (SSSR count). The van der Waals surface area contributed by atoms with Crippen molar-refractivity contribution in [3.05, 3.63) is 53.7 Å². The van der Waals surface area contributed by atoms with Crippen molar-refractivity contribution in [2.45, 2.75) is 55.1 Å². The number of nitrogens with one attached hydrogen (secondary N) is 1. The number of sulfone groups is 1. The minimum atomic E-state index is -3.24. The van der Waals surface area contributed by atoms with Gasteiger partial charge >= 0.3 is 0 Å². The highest BCUT2D eigenvalue weighted by Gasteiger charge is 2.37. The van der Waals surface area contributed by atoms with Crippen molar-refractivity contribution in [2.24, 2.45) is 5.92 Å². The van der Waals surface area contributed by atoms with Crippen molar-refractivity contribution in [2.75, 3.05) is 18.5 Å². The van der Waals surface area contributed by atoms with Gasteiger partial charge in [-0.05, 0) is 74.3 Å². The van der Waals surface area contributed by atoms with Crippen LogP contribution >= 0.6 is 0 Å². The van der Waals surface area contributed by atoms with Gasteiger partial charge in [-0.3, -0.25) is 4.79 Å². The lowest BCUT2D eigenvalue weighted by Crippen LogP contribution is -2.26. The Labute approximate surface area is 178 Å². The van der Waals surface area contributed by atoms with Crippen LogP contribution in [0.25, 0.3) is 0 Å². The molecule has 2 aromatic rings. The van der Waals surface area contributed by atoms with Crippen molar-refractivity contribution in [3.63, 3.8) is 0 Å². The molecule has 1 amide bonds. The zero-order chi connectivity index (χ0) is 21.1. The standard InChI is InChI=1S/C23H28N2O4S/c1-16-2-9-22(24-15-16)25-23(26)21(14-17-10-12-29-13-11-17)18-3-5-19(6-4-18)30(27,28)20-7-8-20/h2-6,9,15,17,20-21H,7-8,10-14H2,1H3,(H,24,25,26). The highest BCUT2D eigenvalue weighted by Crippen LogP contribution is 2.35. The molecule has 2 aliphatic rings. The van der Waals surface area contributed by atoms with Crippen LogP contribution in [0.2, 0.25) is 0 Å². The van der Waals surface area contributed by atoms with Gasteiger partial charge in [0.1, 0.15) is 5.82 Å². The summed E-state index contributed by atoms with van der Waals surface area (Å²) in [4.78, 5) is 17.8. The lowest BCUT2D eigenvalue weighted by molar-refractivity contribution is -0.118. The molecule has 0 spiro atoms. The number of amides is 1. The van der Waals surface area contributed by atoms with Gasteiger partial charge in [0.05, 0.1) is 16.1 Å². The van der Waals surface area contributed by atoms with Crippen LogP contribution in [0.15, 0.2) is 47.5 Å². The van der Waals surface area contributed by atoms with Gasteiger partial charge in [0, 0.05) is 19.4 Å². The third-order valence-electron chi connectivity index (χ3n) is 5.96. The van der Waals surface area contributed by atoms with E-state index in [1.165, 1.54) is 0 Å². The highest BCUT2D eigenvalue weighted by atomic mass is 32.2. The van der Waals surface area contributed by atoms with Crippen LogP contribution in [-0.2, 0) is 19.4 Å². The summed E-state index contributed by atoms with van der Waals surface area (Å²) in [7, 11) is -3.24. The van der Waals surface area contributed by atoms with Crippen molar-refractivity contribution in [1.29, 1.82) is 0 Å². The van der Waals surface area contributed by atoms with Crippen LogP contribution in [0.4, 0.5) is 5.82 Å². The van der Waals surface area contributed by atoms with E-state index in [-0.39, 0.29) is 17.1 Å². The van der Waals surface area contributed by atoms with E-state index in [0.29, 0.717) is 23.1 Å². The summed E-state index contributed by atoms with van der Waals surface area (Å²) in [6.07, 6.45) is 5.77. The Morgan fingerprint density at radius 1 is 1.10 bits per heavy atom. The molecular formula is C23H28N2O4S. The molecule has 0 radical (unpaired) electrons. The Balaban J connectivity index is 1.55. The molecule has 1 aliphatic carbocycles. The summed E-state index contributed by atoms with van der Waals surface area (Å²) >= 11 is 0. The molecule has 2 fully saturated rings. The van der Waals surface area contributed by atoms with Gasteiger partial charge in [0.15, 0.2) is 9.84 Å². The Morgan fingerprint density at radius 2 is 1.80 bits per heavy atom. The molecule has 1 saturated heterocycles. The first-order chi connectivity index (χ1) is 14.4. The number of hydrogen-bond donors (Lipinski definition) is 1. The second kappa shape index (κ2) is 8.86. The second-order valence-electron chi connectivity index (χ2n) is 8.37. The van der Waals surface area contributed by atoms with Crippen molar-refractivity contribution in [3.8, 4) is 0 Å². The Morgan fingerprint density at radius 3 is 2.40 bits per heavy atom. The van der Waals surface area contributed by atoms with E-state index in [1.807, 2.05) is 13.0 Å². The van der Waals surface area contributed by atoms with Crippen LogP contribution in [-0.4, -0.2) is 37.8 Å². The molecule has 1 unspecified atom stereocenters. The van der Waals surface area contributed by atoms with Gasteiger partial charge in [0.25, 0.3) is 0 Å². The number of carbonyl (C=O) groups excluding carboxylic acids is 1. The summed E-state index contributed by atoms with van der Waals surface area (Å²) in [5.41, 5.74) is 1.86. The molecule has 1 aromatic carbocycles.